The van der Waals surface area contributed by atoms with Gasteiger partial charge in [0.15, 0.2) is 6.29 Å². The number of aliphatic hydroxyl groups is 2. The molecule has 0 aromatic heterocycles. The van der Waals surface area contributed by atoms with E-state index in [0.29, 0.717) is 19.3 Å². The van der Waals surface area contributed by atoms with Gasteiger partial charge in [0.05, 0.1) is 42.5 Å². The Bertz CT molecular complexity index is 1400. The van der Waals surface area contributed by atoms with Crippen LogP contribution in [0.25, 0.3) is 31.3 Å². The number of amides is 1. The number of hydrogen-bond donors (Lipinski definition) is 2. The largest absolute Gasteiger partial charge is 0.445 e. The summed E-state index contributed by atoms with van der Waals surface area (Å²) in [7, 11) is 0. The van der Waals surface area contributed by atoms with Gasteiger partial charge in [0.1, 0.15) is 12.7 Å². The minimum Gasteiger partial charge on any atom is -0.445 e. The second-order valence-corrected chi connectivity index (χ2v) is 10.9. The number of rotatable bonds is 12. The van der Waals surface area contributed by atoms with Crippen LogP contribution in [0.5, 0.6) is 0 Å². The van der Waals surface area contributed by atoms with Crippen LogP contribution in [-0.2, 0) is 27.4 Å². The average Bonchev–Trinajstić information content (AvgIpc) is 3.06. The molecule has 1 aliphatic carbocycles. The number of benzene rings is 2. The summed E-state index contributed by atoms with van der Waals surface area (Å²) in [6.45, 7) is 2.24. The van der Waals surface area contributed by atoms with Gasteiger partial charge in [0, 0.05) is 21.3 Å². The van der Waals surface area contributed by atoms with E-state index >= 15 is 0 Å². The Hall–Kier alpha value is -4.52. The number of hydrogen-bond acceptors (Lipinski definition) is 9. The zero-order chi connectivity index (χ0) is 32.2. The lowest BCUT2D eigenvalue weighted by Crippen LogP contribution is -2.59. The summed E-state index contributed by atoms with van der Waals surface area (Å²) in [4.78, 5) is 23.7. The van der Waals surface area contributed by atoms with Crippen LogP contribution in [0.2, 0.25) is 0 Å². The van der Waals surface area contributed by atoms with Crippen LogP contribution in [0.1, 0.15) is 43.7 Å². The van der Waals surface area contributed by atoms with E-state index in [4.69, 9.17) is 25.3 Å². The third kappa shape index (κ3) is 8.56. The molecule has 45 heavy (non-hydrogen) atoms. The van der Waals surface area contributed by atoms with E-state index < -0.39 is 61.0 Å². The molecule has 2 aromatic carbocycles. The van der Waals surface area contributed by atoms with E-state index in [-0.39, 0.29) is 19.6 Å². The maximum absolute atomic E-state index is 13.6. The van der Waals surface area contributed by atoms with Crippen molar-refractivity contribution < 1.29 is 29.2 Å². The fourth-order valence-corrected chi connectivity index (χ4v) is 5.83. The monoisotopic (exact) mass is 620 g/mol. The highest BCUT2D eigenvalue weighted by atomic mass is 16.7. The molecule has 2 N–H and O–H groups in total. The highest BCUT2D eigenvalue weighted by Gasteiger charge is 2.47. The van der Waals surface area contributed by atoms with Gasteiger partial charge in [0.25, 0.3) is 0 Å². The molecule has 1 saturated carbocycles. The molecule has 1 heterocycles. The molecule has 1 aliphatic heterocycles. The van der Waals surface area contributed by atoms with Crippen molar-refractivity contribution in [2.24, 2.45) is 15.3 Å². The fraction of sp³-hybridized carbons (Fsp3) is 0.552. The molecule has 2 fully saturated rings. The third-order valence-corrected chi connectivity index (χ3v) is 8.09. The number of azide groups is 3. The van der Waals surface area contributed by atoms with Gasteiger partial charge in [-0.15, -0.1) is 0 Å². The molecule has 1 saturated heterocycles. The van der Waals surface area contributed by atoms with Gasteiger partial charge in [-0.05, 0) is 53.4 Å². The standard InChI is InChI=1S/C29H36N10O6/c1-2-23(39(16-18-9-5-3-6-10-18)29(42)43-17-19-11-7-4-8-12-19)24-14-13-20(33-36-30)28(44-24)45-27-22(35-38-32)15-21(34-37-31)25(40)26(27)41/h3-12,20-28,40-41H,2,13-17H2,1H3. The fourth-order valence-electron chi connectivity index (χ4n) is 5.83. The Kier molecular flexibility index (Phi) is 12.3. The molecule has 0 spiro atoms. The smallest absolute Gasteiger partial charge is 0.410 e. The molecule has 0 radical (unpaired) electrons. The molecule has 9 unspecified atom stereocenters. The zero-order valence-electron chi connectivity index (χ0n) is 24.7. The summed E-state index contributed by atoms with van der Waals surface area (Å²) in [5.41, 5.74) is 29.0. The average molecular weight is 621 g/mol. The maximum atomic E-state index is 13.6. The van der Waals surface area contributed by atoms with Gasteiger partial charge >= 0.3 is 6.09 Å². The summed E-state index contributed by atoms with van der Waals surface area (Å²) in [6.07, 6.45) is -5.59. The third-order valence-electron chi connectivity index (χ3n) is 8.09. The summed E-state index contributed by atoms with van der Waals surface area (Å²) in [6, 6.07) is 15.4. The van der Waals surface area contributed by atoms with Gasteiger partial charge in [-0.25, -0.2) is 4.79 Å². The quantitative estimate of drug-likeness (QED) is 0.172. The Morgan fingerprint density at radius 1 is 0.911 bits per heavy atom. The summed E-state index contributed by atoms with van der Waals surface area (Å²) in [5.74, 6) is 0. The molecule has 16 nitrogen and oxygen atoms in total. The van der Waals surface area contributed by atoms with Gasteiger partial charge in [-0.2, -0.15) is 0 Å². The molecular formula is C29H36N10O6. The molecule has 9 atom stereocenters. The van der Waals surface area contributed by atoms with Crippen LogP contribution in [0, 0.1) is 0 Å². The van der Waals surface area contributed by atoms with Crippen molar-refractivity contribution in [2.75, 3.05) is 0 Å². The highest BCUT2D eigenvalue weighted by molar-refractivity contribution is 5.68. The van der Waals surface area contributed by atoms with Crippen LogP contribution in [0.4, 0.5) is 4.79 Å². The summed E-state index contributed by atoms with van der Waals surface area (Å²) in [5, 5.41) is 32.6. The number of ether oxygens (including phenoxy) is 3. The predicted octanol–water partition coefficient (Wildman–Crippen LogP) is 5.66. The van der Waals surface area contributed by atoms with Crippen molar-refractivity contribution in [3.05, 3.63) is 103 Å². The van der Waals surface area contributed by atoms with Crippen LogP contribution < -0.4 is 0 Å². The molecular weight excluding hydrogens is 584 g/mol. The normalized spacial score (nSPS) is 28.3. The minimum absolute atomic E-state index is 0.0805. The highest BCUT2D eigenvalue weighted by Crippen LogP contribution is 2.34. The molecule has 2 aliphatic rings. The van der Waals surface area contributed by atoms with E-state index in [1.165, 1.54) is 0 Å². The molecule has 238 valence electrons. The lowest BCUT2D eigenvalue weighted by atomic mass is 9.84. The first kappa shape index (κ1) is 33.4. The van der Waals surface area contributed by atoms with E-state index in [1.54, 1.807) is 4.90 Å². The summed E-state index contributed by atoms with van der Waals surface area (Å²) < 4.78 is 18.2. The Morgan fingerprint density at radius 2 is 1.51 bits per heavy atom. The predicted molar refractivity (Wildman–Crippen MR) is 161 cm³/mol. The SMILES string of the molecule is CCC(C1CCC(N=[N+]=[N-])C(OC2C(N=[N+]=[N-])CC(N=[N+]=[N-])C(O)C2O)O1)N(Cc1ccccc1)C(=O)OCc1ccccc1. The Labute approximate surface area is 259 Å². The van der Waals surface area contributed by atoms with Crippen LogP contribution >= 0.6 is 0 Å². The second-order valence-electron chi connectivity index (χ2n) is 10.9. The lowest BCUT2D eigenvalue weighted by Gasteiger charge is -2.45. The van der Waals surface area contributed by atoms with Crippen molar-refractivity contribution in [1.29, 1.82) is 0 Å². The number of nitrogens with zero attached hydrogens (tertiary/aromatic N) is 10. The number of carbonyl (C=O) groups excluding carboxylic acids is 1. The van der Waals surface area contributed by atoms with Gasteiger partial charge in [-0.1, -0.05) is 82.9 Å². The van der Waals surface area contributed by atoms with E-state index in [9.17, 15) is 20.5 Å². The summed E-state index contributed by atoms with van der Waals surface area (Å²) >= 11 is 0. The Balaban J connectivity index is 1.58. The zero-order valence-corrected chi connectivity index (χ0v) is 24.7. The van der Waals surface area contributed by atoms with Crippen molar-refractivity contribution in [3.63, 3.8) is 0 Å². The second kappa shape index (κ2) is 16.5. The van der Waals surface area contributed by atoms with E-state index in [2.05, 4.69) is 30.1 Å². The van der Waals surface area contributed by atoms with Crippen molar-refractivity contribution >= 4 is 6.09 Å². The molecule has 16 heteroatoms. The molecule has 1 amide bonds. The first-order valence-corrected chi connectivity index (χ1v) is 14.7. The van der Waals surface area contributed by atoms with Gasteiger partial charge in [0.2, 0.25) is 0 Å². The van der Waals surface area contributed by atoms with Crippen molar-refractivity contribution in [1.82, 2.24) is 4.90 Å². The van der Waals surface area contributed by atoms with Gasteiger partial charge in [-0.3, -0.25) is 4.90 Å². The first-order valence-electron chi connectivity index (χ1n) is 14.7. The number of aliphatic hydroxyl groups excluding tert-OH is 2. The Morgan fingerprint density at radius 3 is 2.13 bits per heavy atom. The van der Waals surface area contributed by atoms with E-state index in [1.807, 2.05) is 67.6 Å². The van der Waals surface area contributed by atoms with Gasteiger partial charge < -0.3 is 24.4 Å². The number of carbonyl (C=O) groups is 1. The molecule has 2 aromatic rings. The topological polar surface area (TPSA) is 235 Å². The van der Waals surface area contributed by atoms with E-state index in [0.717, 1.165) is 11.1 Å². The minimum atomic E-state index is -1.61. The van der Waals surface area contributed by atoms with Crippen LogP contribution in [0.3, 0.4) is 0 Å². The maximum Gasteiger partial charge on any atom is 0.410 e. The lowest BCUT2D eigenvalue weighted by molar-refractivity contribution is -0.260. The first-order chi connectivity index (χ1) is 21.9. The molecule has 4 rings (SSSR count). The van der Waals surface area contributed by atoms with Crippen LogP contribution in [-0.4, -0.2) is 76.1 Å². The van der Waals surface area contributed by atoms with Crippen LogP contribution in [0.15, 0.2) is 76.0 Å². The molecule has 0 bridgehead atoms. The van der Waals surface area contributed by atoms with Crippen molar-refractivity contribution in [3.8, 4) is 0 Å². The van der Waals surface area contributed by atoms with Crippen molar-refractivity contribution in [2.45, 2.75) is 101 Å².